The molecule has 0 atom stereocenters. The van der Waals surface area contributed by atoms with Crippen LogP contribution in [0.25, 0.3) is 0 Å². The van der Waals surface area contributed by atoms with Gasteiger partial charge < -0.3 is 4.74 Å². The van der Waals surface area contributed by atoms with Gasteiger partial charge in [-0.3, -0.25) is 0 Å². The van der Waals surface area contributed by atoms with E-state index in [0.29, 0.717) is 35.5 Å². The maximum Gasteiger partial charge on any atom is 0.0560 e. The molecular formula is C34H54OS2. The molecule has 1 nitrogen and oxygen atoms in total. The van der Waals surface area contributed by atoms with E-state index in [4.69, 9.17) is 4.74 Å². The van der Waals surface area contributed by atoms with Crippen molar-refractivity contribution in [2.24, 2.45) is 0 Å². The van der Waals surface area contributed by atoms with Crippen LogP contribution in [0.4, 0.5) is 0 Å². The van der Waals surface area contributed by atoms with Crippen molar-refractivity contribution < 1.29 is 4.74 Å². The van der Waals surface area contributed by atoms with Crippen molar-refractivity contribution in [2.75, 3.05) is 24.7 Å². The van der Waals surface area contributed by atoms with Gasteiger partial charge in [-0.2, -0.15) is 0 Å². The molecule has 0 amide bonds. The quantitative estimate of drug-likeness (QED) is 0.173. The summed E-state index contributed by atoms with van der Waals surface area (Å²) in [6.07, 6.45) is 0. The fourth-order valence-electron chi connectivity index (χ4n) is 4.62. The van der Waals surface area contributed by atoms with Crippen molar-refractivity contribution in [3.05, 3.63) is 57.6 Å². The van der Waals surface area contributed by atoms with Gasteiger partial charge in [-0.1, -0.05) is 107 Å². The second-order valence-corrected chi connectivity index (χ2v) is 14.5. The summed E-state index contributed by atoms with van der Waals surface area (Å²) < 4.78 is 6.16. The van der Waals surface area contributed by atoms with E-state index in [1.807, 2.05) is 23.5 Å². The molecule has 0 aromatic heterocycles. The molecule has 2 aromatic carbocycles. The highest BCUT2D eigenvalue weighted by Crippen LogP contribution is 2.39. The Morgan fingerprint density at radius 2 is 0.730 bits per heavy atom. The minimum absolute atomic E-state index is 0.531. The van der Waals surface area contributed by atoms with Gasteiger partial charge in [-0.15, -0.1) is 23.5 Å². The predicted molar refractivity (Wildman–Crippen MR) is 170 cm³/mol. The maximum atomic E-state index is 6.16. The topological polar surface area (TPSA) is 9.23 Å². The molecule has 0 spiro atoms. The first kappa shape index (κ1) is 32.3. The zero-order chi connectivity index (χ0) is 27.9. The summed E-state index contributed by atoms with van der Waals surface area (Å²) in [6, 6.07) is 9.79. The van der Waals surface area contributed by atoms with E-state index >= 15 is 0 Å². The van der Waals surface area contributed by atoms with Gasteiger partial charge in [0.25, 0.3) is 0 Å². The molecule has 0 bridgehead atoms. The molecule has 0 aliphatic rings. The molecule has 0 unspecified atom stereocenters. The Morgan fingerprint density at radius 3 is 0.946 bits per heavy atom. The second kappa shape index (κ2) is 15.0. The Labute approximate surface area is 238 Å². The Kier molecular flexibility index (Phi) is 13.1. The van der Waals surface area contributed by atoms with Crippen molar-refractivity contribution in [1.29, 1.82) is 0 Å². The molecule has 0 N–H and O–H groups in total. The van der Waals surface area contributed by atoms with Crippen LogP contribution in [-0.2, 0) is 4.74 Å². The first-order valence-electron chi connectivity index (χ1n) is 14.5. The lowest BCUT2D eigenvalue weighted by Crippen LogP contribution is -2.06. The fraction of sp³-hybridized carbons (Fsp3) is 0.647. The highest BCUT2D eigenvalue weighted by atomic mass is 32.2. The molecule has 0 fully saturated rings. The normalized spacial score (nSPS) is 12.4. The summed E-state index contributed by atoms with van der Waals surface area (Å²) in [6.45, 7) is 29.4. The molecule has 37 heavy (non-hydrogen) atoms. The van der Waals surface area contributed by atoms with Gasteiger partial charge in [0.15, 0.2) is 0 Å². The Bertz CT molecular complexity index is 848. The van der Waals surface area contributed by atoms with Crippen molar-refractivity contribution in [3.8, 4) is 0 Å². The van der Waals surface area contributed by atoms with Crippen molar-refractivity contribution in [1.82, 2.24) is 0 Å². The smallest absolute Gasteiger partial charge is 0.0560 e. The van der Waals surface area contributed by atoms with E-state index in [1.165, 1.54) is 43.2 Å². The minimum atomic E-state index is 0.531. The van der Waals surface area contributed by atoms with E-state index in [2.05, 4.69) is 107 Å². The van der Waals surface area contributed by atoms with Gasteiger partial charge in [0, 0.05) is 21.3 Å². The number of ether oxygens (including phenoxy) is 1. The van der Waals surface area contributed by atoms with E-state index in [9.17, 15) is 0 Å². The van der Waals surface area contributed by atoms with Crippen molar-refractivity contribution in [3.63, 3.8) is 0 Å². The zero-order valence-electron chi connectivity index (χ0n) is 25.8. The lowest BCUT2D eigenvalue weighted by Gasteiger charge is -2.23. The van der Waals surface area contributed by atoms with Crippen LogP contribution in [-0.4, -0.2) is 24.7 Å². The third-order valence-electron chi connectivity index (χ3n) is 7.11. The van der Waals surface area contributed by atoms with Gasteiger partial charge in [0.05, 0.1) is 13.2 Å². The first-order chi connectivity index (χ1) is 17.3. The molecule has 0 saturated heterocycles. The standard InChI is InChI=1S/C34H54OS2/c1-21(2)27-17-29(23(5)6)33(30(18-27)24(7)8)36-15-13-35-14-16-37-34-31(25(9)10)19-28(22(3)4)20-32(34)26(11)12/h17-26H,13-16H2,1-12H3. The van der Waals surface area contributed by atoms with Gasteiger partial charge in [-0.25, -0.2) is 0 Å². The largest absolute Gasteiger partial charge is 0.380 e. The van der Waals surface area contributed by atoms with Gasteiger partial charge in [0.2, 0.25) is 0 Å². The van der Waals surface area contributed by atoms with Crippen LogP contribution in [0, 0.1) is 0 Å². The summed E-state index contributed by atoms with van der Waals surface area (Å²) in [5, 5.41) is 0. The van der Waals surface area contributed by atoms with E-state index in [0.717, 1.165) is 24.7 Å². The molecule has 2 rings (SSSR count). The van der Waals surface area contributed by atoms with Crippen LogP contribution in [0.1, 0.15) is 152 Å². The second-order valence-electron chi connectivity index (χ2n) is 12.3. The third-order valence-corrected chi connectivity index (χ3v) is 9.37. The van der Waals surface area contributed by atoms with Crippen LogP contribution in [0.2, 0.25) is 0 Å². The zero-order valence-corrected chi connectivity index (χ0v) is 27.5. The van der Waals surface area contributed by atoms with Crippen LogP contribution >= 0.6 is 23.5 Å². The summed E-state index contributed by atoms with van der Waals surface area (Å²) in [5.41, 5.74) is 8.94. The van der Waals surface area contributed by atoms with Gasteiger partial charge in [-0.05, 0) is 68.9 Å². The average molecular weight is 543 g/mol. The molecule has 208 valence electrons. The van der Waals surface area contributed by atoms with Crippen molar-refractivity contribution >= 4 is 23.5 Å². The molecule has 0 aliphatic heterocycles. The highest BCUT2D eigenvalue weighted by Gasteiger charge is 2.19. The number of hydrogen-bond acceptors (Lipinski definition) is 3. The Balaban J connectivity index is 2.02. The molecule has 2 aromatic rings. The summed E-state index contributed by atoms with van der Waals surface area (Å²) >= 11 is 3.98. The van der Waals surface area contributed by atoms with Crippen LogP contribution in [0.3, 0.4) is 0 Å². The summed E-state index contributed by atoms with van der Waals surface area (Å²) in [5.74, 6) is 5.25. The number of rotatable bonds is 14. The van der Waals surface area contributed by atoms with Crippen LogP contribution < -0.4 is 0 Å². The van der Waals surface area contributed by atoms with Crippen LogP contribution in [0.15, 0.2) is 34.1 Å². The molecular weight excluding hydrogens is 489 g/mol. The molecule has 0 radical (unpaired) electrons. The summed E-state index contributed by atoms with van der Waals surface area (Å²) in [4.78, 5) is 2.97. The third kappa shape index (κ3) is 9.07. The summed E-state index contributed by atoms with van der Waals surface area (Å²) in [7, 11) is 0. The van der Waals surface area contributed by atoms with E-state index in [-0.39, 0.29) is 0 Å². The first-order valence-corrected chi connectivity index (χ1v) is 16.5. The SMILES string of the molecule is CC(C)c1cc(C(C)C)c(SCCOCCSc2c(C(C)C)cc(C(C)C)cc2C(C)C)c(C(C)C)c1. The lowest BCUT2D eigenvalue weighted by atomic mass is 9.89. The van der Waals surface area contributed by atoms with E-state index < -0.39 is 0 Å². The highest BCUT2D eigenvalue weighted by molar-refractivity contribution is 7.99. The molecule has 0 heterocycles. The van der Waals surface area contributed by atoms with E-state index in [1.54, 1.807) is 0 Å². The monoisotopic (exact) mass is 542 g/mol. The molecule has 0 saturated carbocycles. The predicted octanol–water partition coefficient (Wildman–Crippen LogP) is 11.3. The van der Waals surface area contributed by atoms with Gasteiger partial charge >= 0.3 is 0 Å². The average Bonchev–Trinajstić information content (AvgIpc) is 2.81. The Morgan fingerprint density at radius 1 is 0.459 bits per heavy atom. The maximum absolute atomic E-state index is 6.16. The Hall–Kier alpha value is -0.900. The molecule has 3 heteroatoms. The van der Waals surface area contributed by atoms with Crippen LogP contribution in [0.5, 0.6) is 0 Å². The number of hydrogen-bond donors (Lipinski definition) is 0. The number of thioether (sulfide) groups is 2. The van der Waals surface area contributed by atoms with Crippen molar-refractivity contribution in [2.45, 2.75) is 128 Å². The lowest BCUT2D eigenvalue weighted by molar-refractivity contribution is 0.167. The number of benzene rings is 2. The minimum Gasteiger partial charge on any atom is -0.380 e. The molecule has 0 aliphatic carbocycles. The van der Waals surface area contributed by atoms with Gasteiger partial charge in [0.1, 0.15) is 0 Å². The fourth-order valence-corrected chi connectivity index (χ4v) is 7.28.